The van der Waals surface area contributed by atoms with Gasteiger partial charge >= 0.3 is 6.09 Å². The van der Waals surface area contributed by atoms with E-state index in [4.69, 9.17) is 5.11 Å². The van der Waals surface area contributed by atoms with Crippen LogP contribution in [0.15, 0.2) is 12.1 Å². The van der Waals surface area contributed by atoms with Crippen LogP contribution in [0, 0.1) is 5.92 Å². The third kappa shape index (κ3) is 3.72. The van der Waals surface area contributed by atoms with Gasteiger partial charge in [0.15, 0.2) is 0 Å². The molecule has 0 radical (unpaired) electrons. The van der Waals surface area contributed by atoms with Gasteiger partial charge in [-0.05, 0) is 36.0 Å². The Morgan fingerprint density at radius 1 is 1.43 bits per heavy atom. The molecule has 0 fully saturated rings. The summed E-state index contributed by atoms with van der Waals surface area (Å²) >= 11 is 0. The summed E-state index contributed by atoms with van der Waals surface area (Å²) in [4.78, 5) is 18.2. The fraction of sp³-hybridized carbons (Fsp3) is 0.467. The van der Waals surface area contributed by atoms with Crippen LogP contribution in [-0.2, 0) is 19.6 Å². The lowest BCUT2D eigenvalue weighted by molar-refractivity contribution is 0.194. The second kappa shape index (κ2) is 6.58. The lowest BCUT2D eigenvalue weighted by Gasteiger charge is -2.12. The number of aryl methyl sites for hydroxylation is 1. The topological polar surface area (TPSA) is 98.2 Å². The van der Waals surface area contributed by atoms with Crippen molar-refractivity contribution in [3.63, 3.8) is 0 Å². The minimum absolute atomic E-state index is 0.138. The van der Waals surface area contributed by atoms with Crippen molar-refractivity contribution in [1.82, 2.24) is 15.3 Å². The quantitative estimate of drug-likeness (QED) is 0.657. The Balaban J connectivity index is 2.40. The number of aromatic amines is 1. The van der Waals surface area contributed by atoms with E-state index in [1.54, 1.807) is 0 Å². The number of imidazole rings is 1. The number of aromatic nitrogens is 2. The highest BCUT2D eigenvalue weighted by Crippen LogP contribution is 2.24. The zero-order chi connectivity index (χ0) is 15.4. The number of aliphatic hydroxyl groups is 1. The number of carbonyl (C=O) groups is 1. The Morgan fingerprint density at radius 2 is 2.19 bits per heavy atom. The van der Waals surface area contributed by atoms with E-state index in [0.29, 0.717) is 11.7 Å². The van der Waals surface area contributed by atoms with Crippen LogP contribution in [0.2, 0.25) is 0 Å². The predicted molar refractivity (Wildman–Crippen MR) is 80.0 cm³/mol. The average molecular weight is 291 g/mol. The first-order valence-corrected chi connectivity index (χ1v) is 7.08. The number of rotatable bonds is 6. The largest absolute Gasteiger partial charge is 0.465 e. The molecule has 1 amide bonds. The maximum Gasteiger partial charge on any atom is 0.404 e. The van der Waals surface area contributed by atoms with Crippen molar-refractivity contribution in [2.75, 3.05) is 0 Å². The standard InChI is InChI=1S/C15H21N3O3/c1-9(2)3-5-11-10(7-16-15(20)21)4-6-12-14(11)18-13(8-19)17-12/h4,6,9,16,19H,3,5,7-8H2,1-2H3,(H,17,18)(H,20,21). The van der Waals surface area contributed by atoms with Crippen LogP contribution in [-0.4, -0.2) is 26.3 Å². The summed E-state index contributed by atoms with van der Waals surface area (Å²) in [5.41, 5.74) is 3.67. The molecule has 1 aromatic heterocycles. The molecule has 1 aromatic carbocycles. The van der Waals surface area contributed by atoms with Gasteiger partial charge in [0.2, 0.25) is 0 Å². The van der Waals surface area contributed by atoms with Gasteiger partial charge in [0, 0.05) is 6.54 Å². The summed E-state index contributed by atoms with van der Waals surface area (Å²) in [7, 11) is 0. The van der Waals surface area contributed by atoms with Gasteiger partial charge in [-0.3, -0.25) is 0 Å². The van der Waals surface area contributed by atoms with Crippen molar-refractivity contribution in [3.05, 3.63) is 29.1 Å². The molecule has 0 saturated carbocycles. The average Bonchev–Trinajstić information content (AvgIpc) is 2.85. The zero-order valence-electron chi connectivity index (χ0n) is 12.3. The van der Waals surface area contributed by atoms with Crippen molar-refractivity contribution in [3.8, 4) is 0 Å². The SMILES string of the molecule is CC(C)CCc1c(CNC(=O)O)ccc2[nH]c(CO)nc12. The van der Waals surface area contributed by atoms with E-state index in [0.717, 1.165) is 35.0 Å². The lowest BCUT2D eigenvalue weighted by Crippen LogP contribution is -2.21. The number of fused-ring (bicyclic) bond motifs is 1. The number of carboxylic acid groups (broad SMARTS) is 1. The summed E-state index contributed by atoms with van der Waals surface area (Å²) in [5, 5.41) is 20.4. The number of benzene rings is 1. The van der Waals surface area contributed by atoms with Crippen LogP contribution < -0.4 is 5.32 Å². The molecule has 0 saturated heterocycles. The smallest absolute Gasteiger partial charge is 0.404 e. The number of hydrogen-bond donors (Lipinski definition) is 4. The van der Waals surface area contributed by atoms with E-state index < -0.39 is 6.09 Å². The monoisotopic (exact) mass is 291 g/mol. The van der Waals surface area contributed by atoms with Gasteiger partial charge in [0.1, 0.15) is 12.4 Å². The zero-order valence-corrected chi connectivity index (χ0v) is 12.3. The highest BCUT2D eigenvalue weighted by Gasteiger charge is 2.13. The number of aliphatic hydroxyl groups excluding tert-OH is 1. The minimum atomic E-state index is -1.04. The Bertz CT molecular complexity index is 634. The number of H-pyrrole nitrogens is 1. The molecule has 2 aromatic rings. The van der Waals surface area contributed by atoms with Crippen LogP contribution in [0.1, 0.15) is 37.2 Å². The van der Waals surface area contributed by atoms with Crippen LogP contribution in [0.25, 0.3) is 11.0 Å². The molecule has 2 rings (SSSR count). The molecule has 4 N–H and O–H groups in total. The first-order valence-electron chi connectivity index (χ1n) is 7.08. The van der Waals surface area contributed by atoms with Crippen molar-refractivity contribution < 1.29 is 15.0 Å². The number of nitrogens with zero attached hydrogens (tertiary/aromatic N) is 1. The molecule has 6 nitrogen and oxygen atoms in total. The van der Waals surface area contributed by atoms with Crippen LogP contribution in [0.4, 0.5) is 4.79 Å². The van der Waals surface area contributed by atoms with Gasteiger partial charge in [-0.15, -0.1) is 0 Å². The van der Waals surface area contributed by atoms with Crippen molar-refractivity contribution in [1.29, 1.82) is 0 Å². The van der Waals surface area contributed by atoms with Crippen molar-refractivity contribution >= 4 is 17.1 Å². The van der Waals surface area contributed by atoms with E-state index in [9.17, 15) is 9.90 Å². The van der Waals surface area contributed by atoms with Crippen LogP contribution in [0.5, 0.6) is 0 Å². The van der Waals surface area contributed by atoms with Gasteiger partial charge in [-0.25, -0.2) is 9.78 Å². The minimum Gasteiger partial charge on any atom is -0.465 e. The molecular weight excluding hydrogens is 270 g/mol. The third-order valence-electron chi connectivity index (χ3n) is 3.46. The number of amides is 1. The Morgan fingerprint density at radius 3 is 2.81 bits per heavy atom. The molecule has 1 heterocycles. The normalized spacial score (nSPS) is 11.2. The second-order valence-electron chi connectivity index (χ2n) is 5.53. The molecule has 0 aliphatic carbocycles. The molecule has 0 unspecified atom stereocenters. The fourth-order valence-electron chi connectivity index (χ4n) is 2.35. The van der Waals surface area contributed by atoms with E-state index in [1.807, 2.05) is 12.1 Å². The Hall–Kier alpha value is -2.08. The van der Waals surface area contributed by atoms with Gasteiger partial charge < -0.3 is 20.5 Å². The molecule has 0 spiro atoms. The maximum absolute atomic E-state index is 10.7. The fourth-order valence-corrected chi connectivity index (χ4v) is 2.35. The van der Waals surface area contributed by atoms with Gasteiger partial charge in [0.25, 0.3) is 0 Å². The summed E-state index contributed by atoms with van der Waals surface area (Å²) in [6, 6.07) is 3.78. The van der Waals surface area contributed by atoms with Crippen LogP contribution in [0.3, 0.4) is 0 Å². The Kier molecular flexibility index (Phi) is 4.80. The first kappa shape index (κ1) is 15.3. The van der Waals surface area contributed by atoms with E-state index in [-0.39, 0.29) is 13.2 Å². The van der Waals surface area contributed by atoms with Gasteiger partial charge in [0.05, 0.1) is 11.0 Å². The molecular formula is C15H21N3O3. The highest BCUT2D eigenvalue weighted by molar-refractivity contribution is 5.80. The van der Waals surface area contributed by atoms with Crippen molar-refractivity contribution in [2.24, 2.45) is 5.92 Å². The van der Waals surface area contributed by atoms with E-state index >= 15 is 0 Å². The molecule has 6 heteroatoms. The molecule has 0 bridgehead atoms. The Labute approximate surface area is 123 Å². The first-order chi connectivity index (χ1) is 10.0. The van der Waals surface area contributed by atoms with Gasteiger partial charge in [-0.2, -0.15) is 0 Å². The van der Waals surface area contributed by atoms with Gasteiger partial charge in [-0.1, -0.05) is 19.9 Å². The molecule has 0 aliphatic heterocycles. The summed E-state index contributed by atoms with van der Waals surface area (Å²) < 4.78 is 0. The summed E-state index contributed by atoms with van der Waals surface area (Å²) in [6.07, 6.45) is 0.796. The lowest BCUT2D eigenvalue weighted by atomic mass is 9.97. The van der Waals surface area contributed by atoms with E-state index in [1.165, 1.54) is 0 Å². The third-order valence-corrected chi connectivity index (χ3v) is 3.46. The molecule has 21 heavy (non-hydrogen) atoms. The molecule has 0 aliphatic rings. The predicted octanol–water partition coefficient (Wildman–Crippen LogP) is 2.41. The second-order valence-corrected chi connectivity index (χ2v) is 5.53. The number of hydrogen-bond acceptors (Lipinski definition) is 3. The van der Waals surface area contributed by atoms with E-state index in [2.05, 4.69) is 29.1 Å². The number of nitrogens with one attached hydrogen (secondary N) is 2. The molecule has 0 atom stereocenters. The molecule has 114 valence electrons. The maximum atomic E-state index is 10.7. The summed E-state index contributed by atoms with van der Waals surface area (Å²) in [5.74, 6) is 1.08. The highest BCUT2D eigenvalue weighted by atomic mass is 16.4. The van der Waals surface area contributed by atoms with Crippen LogP contribution >= 0.6 is 0 Å². The summed E-state index contributed by atoms with van der Waals surface area (Å²) in [6.45, 7) is 4.43. The van der Waals surface area contributed by atoms with Crippen molar-refractivity contribution in [2.45, 2.75) is 39.8 Å².